The van der Waals surface area contributed by atoms with E-state index < -0.39 is 6.04 Å². The van der Waals surface area contributed by atoms with Gasteiger partial charge in [-0.3, -0.25) is 9.59 Å². The highest BCUT2D eigenvalue weighted by atomic mass is 16.6. The van der Waals surface area contributed by atoms with Crippen molar-refractivity contribution >= 4 is 11.8 Å². The number of fused-ring (bicyclic) bond motifs is 1. The second kappa shape index (κ2) is 8.33. The molecule has 2 aromatic carbocycles. The van der Waals surface area contributed by atoms with E-state index in [4.69, 9.17) is 9.47 Å². The Balaban J connectivity index is 1.56. The van der Waals surface area contributed by atoms with E-state index in [9.17, 15) is 9.59 Å². The molecule has 28 heavy (non-hydrogen) atoms. The molecule has 0 bridgehead atoms. The molecule has 6 heteroatoms. The first-order chi connectivity index (χ1) is 13.7. The smallest absolute Gasteiger partial charge is 0.255 e. The zero-order valence-corrected chi connectivity index (χ0v) is 15.7. The van der Waals surface area contributed by atoms with Crippen molar-refractivity contribution in [2.45, 2.75) is 25.3 Å². The molecule has 2 aromatic rings. The number of hydrogen-bond acceptors (Lipinski definition) is 4. The molecule has 146 valence electrons. The van der Waals surface area contributed by atoms with Gasteiger partial charge in [0.15, 0.2) is 11.5 Å². The largest absolute Gasteiger partial charge is 0.486 e. The third kappa shape index (κ3) is 3.96. The fourth-order valence-electron chi connectivity index (χ4n) is 3.70. The van der Waals surface area contributed by atoms with Crippen LogP contribution in [0.3, 0.4) is 0 Å². The summed E-state index contributed by atoms with van der Waals surface area (Å²) < 4.78 is 11.2. The first-order valence-corrected chi connectivity index (χ1v) is 9.74. The zero-order valence-electron chi connectivity index (χ0n) is 15.7. The van der Waals surface area contributed by atoms with Gasteiger partial charge < -0.3 is 19.7 Å². The lowest BCUT2D eigenvalue weighted by atomic mass is 10.0. The molecule has 2 aliphatic rings. The number of benzene rings is 2. The van der Waals surface area contributed by atoms with Gasteiger partial charge >= 0.3 is 0 Å². The lowest BCUT2D eigenvalue weighted by Crippen LogP contribution is -2.49. The maximum Gasteiger partial charge on any atom is 0.255 e. The maximum absolute atomic E-state index is 13.1. The molecule has 0 saturated carbocycles. The number of para-hydroxylation sites is 1. The Bertz CT molecular complexity index is 847. The van der Waals surface area contributed by atoms with Crippen LogP contribution in [0, 0.1) is 0 Å². The monoisotopic (exact) mass is 380 g/mol. The van der Waals surface area contributed by atoms with Crippen molar-refractivity contribution in [2.75, 3.05) is 26.3 Å². The van der Waals surface area contributed by atoms with Gasteiger partial charge in [0, 0.05) is 19.5 Å². The van der Waals surface area contributed by atoms with E-state index in [1.807, 2.05) is 35.2 Å². The predicted octanol–water partition coefficient (Wildman–Crippen LogP) is 2.42. The standard InChI is InChI=1S/C22H24N2O4/c25-21(17-9-6-10-19-20(17)28-14-13-27-19)23-18(15-16-7-2-1-3-8-16)22(26)24-11-4-5-12-24/h1-3,6-10,18H,4-5,11-15H2,(H,23,25). The van der Waals surface area contributed by atoms with Gasteiger partial charge in [0.25, 0.3) is 5.91 Å². The number of nitrogens with zero attached hydrogens (tertiary/aromatic N) is 1. The summed E-state index contributed by atoms with van der Waals surface area (Å²) in [6, 6.07) is 14.4. The summed E-state index contributed by atoms with van der Waals surface area (Å²) in [4.78, 5) is 27.9. The summed E-state index contributed by atoms with van der Waals surface area (Å²) in [5.41, 5.74) is 1.40. The van der Waals surface area contributed by atoms with Crippen LogP contribution < -0.4 is 14.8 Å². The molecule has 2 aliphatic heterocycles. The van der Waals surface area contributed by atoms with Crippen molar-refractivity contribution in [1.29, 1.82) is 0 Å². The molecule has 0 radical (unpaired) electrons. The highest BCUT2D eigenvalue weighted by Gasteiger charge is 2.30. The van der Waals surface area contributed by atoms with Crippen LogP contribution in [0.25, 0.3) is 0 Å². The van der Waals surface area contributed by atoms with Crippen LogP contribution in [0.1, 0.15) is 28.8 Å². The lowest BCUT2D eigenvalue weighted by molar-refractivity contribution is -0.132. The second-order valence-electron chi connectivity index (χ2n) is 7.08. The molecular weight excluding hydrogens is 356 g/mol. The van der Waals surface area contributed by atoms with Crippen LogP contribution >= 0.6 is 0 Å². The van der Waals surface area contributed by atoms with E-state index in [-0.39, 0.29) is 11.8 Å². The quantitative estimate of drug-likeness (QED) is 0.865. The average Bonchev–Trinajstić information content (AvgIpc) is 3.28. The highest BCUT2D eigenvalue weighted by Crippen LogP contribution is 2.33. The number of hydrogen-bond donors (Lipinski definition) is 1. The minimum absolute atomic E-state index is 0.0309. The SMILES string of the molecule is O=C(NC(Cc1ccccc1)C(=O)N1CCCC1)c1cccc2c1OCCO2. The summed E-state index contributed by atoms with van der Waals surface area (Å²) in [7, 11) is 0. The number of ether oxygens (including phenoxy) is 2. The second-order valence-corrected chi connectivity index (χ2v) is 7.08. The summed E-state index contributed by atoms with van der Waals surface area (Å²) in [6.45, 7) is 2.36. The third-order valence-electron chi connectivity index (χ3n) is 5.11. The van der Waals surface area contributed by atoms with Gasteiger partial charge in [-0.2, -0.15) is 0 Å². The molecular formula is C22H24N2O4. The summed E-state index contributed by atoms with van der Waals surface area (Å²) in [5, 5.41) is 2.94. The van der Waals surface area contributed by atoms with Crippen LogP contribution in [-0.4, -0.2) is 49.1 Å². The highest BCUT2D eigenvalue weighted by molar-refractivity contribution is 6.00. The first-order valence-electron chi connectivity index (χ1n) is 9.74. The Labute approximate surface area is 164 Å². The Kier molecular flexibility index (Phi) is 5.46. The maximum atomic E-state index is 13.1. The van der Waals surface area contributed by atoms with Crippen molar-refractivity contribution < 1.29 is 19.1 Å². The fourth-order valence-corrected chi connectivity index (χ4v) is 3.70. The van der Waals surface area contributed by atoms with Crippen LogP contribution in [0.5, 0.6) is 11.5 Å². The van der Waals surface area contributed by atoms with Crippen LogP contribution in [-0.2, 0) is 11.2 Å². The van der Waals surface area contributed by atoms with Gasteiger partial charge in [-0.15, -0.1) is 0 Å². The van der Waals surface area contributed by atoms with E-state index in [1.54, 1.807) is 18.2 Å². The lowest BCUT2D eigenvalue weighted by Gasteiger charge is -2.25. The molecule has 1 N–H and O–H groups in total. The Morgan fingerprint density at radius 2 is 1.71 bits per heavy atom. The minimum Gasteiger partial charge on any atom is -0.486 e. The number of carbonyl (C=O) groups is 2. The van der Waals surface area contributed by atoms with Crippen molar-refractivity contribution in [1.82, 2.24) is 10.2 Å². The minimum atomic E-state index is -0.617. The van der Waals surface area contributed by atoms with Crippen molar-refractivity contribution in [3.05, 3.63) is 59.7 Å². The summed E-state index contributed by atoms with van der Waals surface area (Å²) in [5.74, 6) is 0.648. The van der Waals surface area contributed by atoms with Gasteiger partial charge in [-0.25, -0.2) is 0 Å². The molecule has 1 fully saturated rings. The normalized spacial score (nSPS) is 16.5. The predicted molar refractivity (Wildman–Crippen MR) is 105 cm³/mol. The first kappa shape index (κ1) is 18.3. The average molecular weight is 380 g/mol. The molecule has 1 unspecified atom stereocenters. The van der Waals surface area contributed by atoms with E-state index in [2.05, 4.69) is 5.32 Å². The van der Waals surface area contributed by atoms with E-state index in [0.29, 0.717) is 36.7 Å². The Morgan fingerprint density at radius 3 is 2.50 bits per heavy atom. The summed E-state index contributed by atoms with van der Waals surface area (Å²) in [6.07, 6.45) is 2.47. The van der Waals surface area contributed by atoms with Crippen molar-refractivity contribution in [3.8, 4) is 11.5 Å². The molecule has 0 spiro atoms. The van der Waals surface area contributed by atoms with Gasteiger partial charge in [0.1, 0.15) is 19.3 Å². The number of likely N-dealkylation sites (tertiary alicyclic amines) is 1. The topological polar surface area (TPSA) is 67.9 Å². The van der Waals surface area contributed by atoms with E-state index >= 15 is 0 Å². The molecule has 1 saturated heterocycles. The van der Waals surface area contributed by atoms with Crippen LogP contribution in [0.4, 0.5) is 0 Å². The van der Waals surface area contributed by atoms with Gasteiger partial charge in [0.05, 0.1) is 5.56 Å². The van der Waals surface area contributed by atoms with Crippen molar-refractivity contribution in [3.63, 3.8) is 0 Å². The van der Waals surface area contributed by atoms with Crippen molar-refractivity contribution in [2.24, 2.45) is 0 Å². The molecule has 0 aromatic heterocycles. The molecule has 4 rings (SSSR count). The molecule has 2 heterocycles. The molecule has 1 atom stereocenters. The van der Waals surface area contributed by atoms with E-state index in [0.717, 1.165) is 31.5 Å². The Morgan fingerprint density at radius 1 is 0.964 bits per heavy atom. The molecule has 6 nitrogen and oxygen atoms in total. The van der Waals surface area contributed by atoms with Gasteiger partial charge in [-0.05, 0) is 30.5 Å². The number of rotatable bonds is 5. The Hall–Kier alpha value is -3.02. The van der Waals surface area contributed by atoms with Gasteiger partial charge in [-0.1, -0.05) is 36.4 Å². The number of nitrogens with one attached hydrogen (secondary N) is 1. The molecule has 2 amide bonds. The number of carbonyl (C=O) groups excluding carboxylic acids is 2. The molecule has 0 aliphatic carbocycles. The van der Waals surface area contributed by atoms with Crippen LogP contribution in [0.15, 0.2) is 48.5 Å². The zero-order chi connectivity index (χ0) is 19.3. The fraction of sp³-hybridized carbons (Fsp3) is 0.364. The third-order valence-corrected chi connectivity index (χ3v) is 5.11. The summed E-state index contributed by atoms with van der Waals surface area (Å²) >= 11 is 0. The van der Waals surface area contributed by atoms with E-state index in [1.165, 1.54) is 0 Å². The van der Waals surface area contributed by atoms with Gasteiger partial charge in [0.2, 0.25) is 5.91 Å². The number of amides is 2. The van der Waals surface area contributed by atoms with Crippen LogP contribution in [0.2, 0.25) is 0 Å².